The number of carbonyl (C=O) groups excluding carboxylic acids is 2. The van der Waals surface area contributed by atoms with Crippen molar-refractivity contribution in [2.45, 2.75) is 56.8 Å². The molecule has 1 aromatic carbocycles. The summed E-state index contributed by atoms with van der Waals surface area (Å²) in [6.07, 6.45) is 5.20. The van der Waals surface area contributed by atoms with Crippen molar-refractivity contribution in [3.05, 3.63) is 65.5 Å². The van der Waals surface area contributed by atoms with E-state index in [1.54, 1.807) is 6.20 Å². The molecule has 7 nitrogen and oxygen atoms in total. The van der Waals surface area contributed by atoms with Gasteiger partial charge in [-0.05, 0) is 49.9 Å². The minimum Gasteiger partial charge on any atom is -0.377 e. The number of fused-ring (bicyclic) bond motifs is 1. The van der Waals surface area contributed by atoms with Gasteiger partial charge in [-0.3, -0.25) is 19.5 Å². The maximum absolute atomic E-state index is 13.8. The molecule has 1 aromatic heterocycles. The van der Waals surface area contributed by atoms with Gasteiger partial charge in [0, 0.05) is 43.6 Å². The van der Waals surface area contributed by atoms with Crippen molar-refractivity contribution in [3.63, 3.8) is 0 Å². The number of hydrogen-bond acceptors (Lipinski definition) is 5. The summed E-state index contributed by atoms with van der Waals surface area (Å²) in [6, 6.07) is 11.8. The lowest BCUT2D eigenvalue weighted by atomic mass is 9.66. The lowest BCUT2D eigenvalue weighted by molar-refractivity contribution is -0.132. The van der Waals surface area contributed by atoms with E-state index in [-0.39, 0.29) is 23.9 Å². The number of pyridine rings is 1. The second-order valence-electron chi connectivity index (χ2n) is 9.77. The molecule has 0 saturated carbocycles. The third kappa shape index (κ3) is 3.93. The zero-order valence-corrected chi connectivity index (χ0v) is 19.4. The molecule has 1 N–H and O–H groups in total. The summed E-state index contributed by atoms with van der Waals surface area (Å²) in [7, 11) is 0. The van der Waals surface area contributed by atoms with E-state index in [0.717, 1.165) is 38.0 Å². The van der Waals surface area contributed by atoms with Crippen molar-refractivity contribution in [2.75, 3.05) is 26.3 Å². The number of amides is 2. The summed E-state index contributed by atoms with van der Waals surface area (Å²) in [5.74, 6) is -0.345. The predicted molar refractivity (Wildman–Crippen MR) is 125 cm³/mol. The van der Waals surface area contributed by atoms with Gasteiger partial charge in [0.15, 0.2) is 0 Å². The first-order valence-electron chi connectivity index (χ1n) is 11.9. The fourth-order valence-corrected chi connectivity index (χ4v) is 5.82. The molecule has 0 bridgehead atoms. The van der Waals surface area contributed by atoms with Crippen molar-refractivity contribution in [3.8, 4) is 0 Å². The molecule has 0 aliphatic carbocycles. The molecule has 2 amide bonds. The van der Waals surface area contributed by atoms with Crippen LogP contribution in [0.3, 0.4) is 0 Å². The highest BCUT2D eigenvalue weighted by molar-refractivity contribution is 6.02. The molecule has 7 heteroatoms. The molecule has 2 aromatic rings. The fraction of sp³-hybridized carbons (Fsp3) is 0.500. The average Bonchev–Trinajstić information content (AvgIpc) is 2.78. The molecule has 3 aliphatic rings. The van der Waals surface area contributed by atoms with E-state index in [2.05, 4.69) is 35.1 Å². The molecule has 4 heterocycles. The summed E-state index contributed by atoms with van der Waals surface area (Å²) in [6.45, 7) is 7.70. The standard InChI is InChI=1S/C26H32N4O3/c1-18(2)30-25(32)22-8-4-3-7-21(22)23(24(31)28-20-16-33-17-20)26(30)9-12-29(13-10-26)15-19-6-5-11-27-14-19/h3-8,11,14,18,20,23H,9-10,12-13,15-17H2,1-2H3,(H,28,31). The Morgan fingerprint density at radius 2 is 1.94 bits per heavy atom. The minimum absolute atomic E-state index is 0.00179. The number of carbonyl (C=O) groups is 2. The summed E-state index contributed by atoms with van der Waals surface area (Å²) in [4.78, 5) is 36.1. The first kappa shape index (κ1) is 22.0. The summed E-state index contributed by atoms with van der Waals surface area (Å²) in [5.41, 5.74) is 2.15. The molecular formula is C26H32N4O3. The Morgan fingerprint density at radius 3 is 2.58 bits per heavy atom. The zero-order valence-electron chi connectivity index (χ0n) is 19.4. The second kappa shape index (κ2) is 8.88. The summed E-state index contributed by atoms with van der Waals surface area (Å²) in [5, 5.41) is 3.20. The zero-order chi connectivity index (χ0) is 23.0. The first-order valence-corrected chi connectivity index (χ1v) is 11.9. The van der Waals surface area contributed by atoms with E-state index in [9.17, 15) is 9.59 Å². The van der Waals surface area contributed by atoms with Gasteiger partial charge < -0.3 is 15.0 Å². The van der Waals surface area contributed by atoms with E-state index in [4.69, 9.17) is 4.74 Å². The number of nitrogens with one attached hydrogen (secondary N) is 1. The SMILES string of the molecule is CC(C)N1C(=O)c2ccccc2C(C(=O)NC2COC2)C12CCN(Cc1cccnc1)CC2. The number of piperidine rings is 1. The molecule has 174 valence electrons. The third-order valence-corrected chi connectivity index (χ3v) is 7.35. The van der Waals surface area contributed by atoms with Crippen molar-refractivity contribution in [2.24, 2.45) is 0 Å². The molecule has 0 radical (unpaired) electrons. The molecule has 1 atom stereocenters. The number of ether oxygens (including phenoxy) is 1. The number of rotatable bonds is 5. The molecule has 1 spiro atoms. The number of hydrogen-bond donors (Lipinski definition) is 1. The van der Waals surface area contributed by atoms with Gasteiger partial charge in [0.1, 0.15) is 0 Å². The molecular weight excluding hydrogens is 416 g/mol. The molecule has 33 heavy (non-hydrogen) atoms. The van der Waals surface area contributed by atoms with E-state index < -0.39 is 11.5 Å². The highest BCUT2D eigenvalue weighted by Crippen LogP contribution is 2.48. The van der Waals surface area contributed by atoms with Gasteiger partial charge in [-0.2, -0.15) is 0 Å². The maximum Gasteiger partial charge on any atom is 0.254 e. The Labute approximate surface area is 195 Å². The van der Waals surface area contributed by atoms with Crippen molar-refractivity contribution in [1.82, 2.24) is 20.1 Å². The van der Waals surface area contributed by atoms with Gasteiger partial charge in [-0.15, -0.1) is 0 Å². The van der Waals surface area contributed by atoms with Crippen LogP contribution in [0.15, 0.2) is 48.8 Å². The lowest BCUT2D eigenvalue weighted by Crippen LogP contribution is -2.67. The molecule has 2 fully saturated rings. The first-order chi connectivity index (χ1) is 16.0. The Morgan fingerprint density at radius 1 is 1.18 bits per heavy atom. The van der Waals surface area contributed by atoms with Crippen LogP contribution in [0.4, 0.5) is 0 Å². The van der Waals surface area contributed by atoms with Gasteiger partial charge in [0.25, 0.3) is 5.91 Å². The highest BCUT2D eigenvalue weighted by atomic mass is 16.5. The highest BCUT2D eigenvalue weighted by Gasteiger charge is 2.56. The van der Waals surface area contributed by atoms with E-state index in [0.29, 0.717) is 18.8 Å². The number of aromatic nitrogens is 1. The van der Waals surface area contributed by atoms with Gasteiger partial charge >= 0.3 is 0 Å². The van der Waals surface area contributed by atoms with Crippen molar-refractivity contribution < 1.29 is 14.3 Å². The normalized spacial score (nSPS) is 22.8. The van der Waals surface area contributed by atoms with Crippen LogP contribution < -0.4 is 5.32 Å². The summed E-state index contributed by atoms with van der Waals surface area (Å²) < 4.78 is 5.29. The number of likely N-dealkylation sites (tertiary alicyclic amines) is 1. The molecule has 2 saturated heterocycles. The Balaban J connectivity index is 1.49. The molecule has 3 aliphatic heterocycles. The van der Waals surface area contributed by atoms with Crippen molar-refractivity contribution >= 4 is 11.8 Å². The summed E-state index contributed by atoms with van der Waals surface area (Å²) >= 11 is 0. The Kier molecular flexibility index (Phi) is 5.93. The van der Waals surface area contributed by atoms with Crippen LogP contribution in [0, 0.1) is 0 Å². The number of nitrogens with zero attached hydrogens (tertiary/aromatic N) is 3. The average molecular weight is 449 g/mol. The molecule has 5 rings (SSSR count). The third-order valence-electron chi connectivity index (χ3n) is 7.35. The van der Waals surface area contributed by atoms with Crippen LogP contribution >= 0.6 is 0 Å². The van der Waals surface area contributed by atoms with E-state index in [1.165, 1.54) is 5.56 Å². The van der Waals surface area contributed by atoms with Crippen LogP contribution in [-0.4, -0.2) is 70.5 Å². The fourth-order valence-electron chi connectivity index (χ4n) is 5.82. The Hall–Kier alpha value is -2.77. The quantitative estimate of drug-likeness (QED) is 0.761. The Bertz CT molecular complexity index is 1010. The van der Waals surface area contributed by atoms with Crippen molar-refractivity contribution in [1.29, 1.82) is 0 Å². The smallest absolute Gasteiger partial charge is 0.254 e. The van der Waals surface area contributed by atoms with E-state index in [1.807, 2.05) is 41.4 Å². The van der Waals surface area contributed by atoms with Crippen LogP contribution in [0.2, 0.25) is 0 Å². The minimum atomic E-state index is -0.542. The second-order valence-corrected chi connectivity index (χ2v) is 9.77. The van der Waals surface area contributed by atoms with Gasteiger partial charge in [0.05, 0.1) is 30.7 Å². The largest absolute Gasteiger partial charge is 0.377 e. The van der Waals surface area contributed by atoms with Gasteiger partial charge in [0.2, 0.25) is 5.91 Å². The van der Waals surface area contributed by atoms with Gasteiger partial charge in [-0.1, -0.05) is 24.3 Å². The topological polar surface area (TPSA) is 74.8 Å². The lowest BCUT2D eigenvalue weighted by Gasteiger charge is -2.56. The predicted octanol–water partition coefficient (Wildman–Crippen LogP) is 2.58. The molecule has 1 unspecified atom stereocenters. The van der Waals surface area contributed by atoms with Crippen LogP contribution in [0.5, 0.6) is 0 Å². The van der Waals surface area contributed by atoms with Crippen LogP contribution in [-0.2, 0) is 16.1 Å². The monoisotopic (exact) mass is 448 g/mol. The number of benzene rings is 1. The van der Waals surface area contributed by atoms with Gasteiger partial charge in [-0.25, -0.2) is 0 Å². The van der Waals surface area contributed by atoms with Crippen LogP contribution in [0.25, 0.3) is 0 Å². The van der Waals surface area contributed by atoms with Crippen LogP contribution in [0.1, 0.15) is 54.1 Å². The van der Waals surface area contributed by atoms with E-state index >= 15 is 0 Å². The maximum atomic E-state index is 13.8.